The van der Waals surface area contributed by atoms with E-state index in [2.05, 4.69) is 66.3 Å². The Morgan fingerprint density at radius 3 is 2.32 bits per heavy atom. The molecule has 0 aliphatic rings. The minimum absolute atomic E-state index is 1.02. The van der Waals surface area contributed by atoms with Crippen LogP contribution in [0.25, 0.3) is 32.9 Å². The predicted octanol–water partition coefficient (Wildman–Crippen LogP) is 5.07. The van der Waals surface area contributed by atoms with Crippen LogP contribution in [0.15, 0.2) is 60.9 Å². The second-order valence-corrected chi connectivity index (χ2v) is 5.77. The van der Waals surface area contributed by atoms with Crippen molar-refractivity contribution in [2.75, 3.05) is 0 Å². The Kier molecular flexibility index (Phi) is 2.90. The molecule has 4 rings (SSSR count). The van der Waals surface area contributed by atoms with Gasteiger partial charge < -0.3 is 0 Å². The van der Waals surface area contributed by atoms with Gasteiger partial charge in [-0.25, -0.2) is 0 Å². The molecule has 0 N–H and O–H groups in total. The van der Waals surface area contributed by atoms with Crippen LogP contribution >= 0.6 is 0 Å². The first-order chi connectivity index (χ1) is 10.7. The van der Waals surface area contributed by atoms with Gasteiger partial charge in [0.15, 0.2) is 0 Å². The number of benzene rings is 2. The summed E-state index contributed by atoms with van der Waals surface area (Å²) in [5.74, 6) is 0. The van der Waals surface area contributed by atoms with Gasteiger partial charge in [-0.2, -0.15) is 0 Å². The molecule has 0 amide bonds. The number of pyridine rings is 2. The molecule has 0 fully saturated rings. The molecule has 0 unspecified atom stereocenters. The van der Waals surface area contributed by atoms with E-state index in [9.17, 15) is 0 Å². The van der Waals surface area contributed by atoms with Gasteiger partial charge in [0.05, 0.1) is 11.2 Å². The maximum absolute atomic E-state index is 4.65. The molecular weight excluding hydrogens is 268 g/mol. The average molecular weight is 284 g/mol. The Bertz CT molecular complexity index is 983. The average Bonchev–Trinajstić information content (AvgIpc) is 2.53. The van der Waals surface area contributed by atoms with Crippen LogP contribution in [0.3, 0.4) is 0 Å². The van der Waals surface area contributed by atoms with Crippen LogP contribution in [-0.4, -0.2) is 9.97 Å². The fraction of sp³-hybridized carbons (Fsp3) is 0.100. The van der Waals surface area contributed by atoms with Crippen molar-refractivity contribution >= 4 is 21.7 Å². The van der Waals surface area contributed by atoms with Gasteiger partial charge in [0.25, 0.3) is 0 Å². The van der Waals surface area contributed by atoms with E-state index >= 15 is 0 Å². The van der Waals surface area contributed by atoms with Crippen LogP contribution in [0.5, 0.6) is 0 Å². The SMILES string of the molecule is Cc1cc(C)cc(-c2nccc3c2ccc2ncccc23)c1. The molecule has 2 heterocycles. The number of rotatable bonds is 1. The molecule has 2 nitrogen and oxygen atoms in total. The zero-order chi connectivity index (χ0) is 15.1. The predicted molar refractivity (Wildman–Crippen MR) is 92.0 cm³/mol. The summed E-state index contributed by atoms with van der Waals surface area (Å²) in [6, 6.07) is 17.0. The van der Waals surface area contributed by atoms with Gasteiger partial charge in [0.1, 0.15) is 0 Å². The lowest BCUT2D eigenvalue weighted by Crippen LogP contribution is -1.89. The number of fused-ring (bicyclic) bond motifs is 3. The third-order valence-corrected chi connectivity index (χ3v) is 4.02. The van der Waals surface area contributed by atoms with Gasteiger partial charge in [-0.15, -0.1) is 0 Å². The van der Waals surface area contributed by atoms with Crippen molar-refractivity contribution in [1.82, 2.24) is 9.97 Å². The van der Waals surface area contributed by atoms with Crippen LogP contribution in [0, 0.1) is 13.8 Å². The fourth-order valence-corrected chi connectivity index (χ4v) is 3.16. The van der Waals surface area contributed by atoms with Crippen LogP contribution in [0.2, 0.25) is 0 Å². The molecule has 0 saturated carbocycles. The molecule has 0 atom stereocenters. The maximum Gasteiger partial charge on any atom is 0.0780 e. The zero-order valence-electron chi connectivity index (χ0n) is 12.7. The number of nitrogens with zero attached hydrogens (tertiary/aromatic N) is 2. The molecule has 2 aromatic heterocycles. The first-order valence-electron chi connectivity index (χ1n) is 7.43. The summed E-state index contributed by atoms with van der Waals surface area (Å²) in [6.45, 7) is 4.25. The van der Waals surface area contributed by atoms with E-state index in [0.29, 0.717) is 0 Å². The summed E-state index contributed by atoms with van der Waals surface area (Å²) in [5, 5.41) is 3.55. The van der Waals surface area contributed by atoms with E-state index < -0.39 is 0 Å². The second-order valence-electron chi connectivity index (χ2n) is 5.77. The molecule has 0 radical (unpaired) electrons. The zero-order valence-corrected chi connectivity index (χ0v) is 12.7. The van der Waals surface area contributed by atoms with Crippen molar-refractivity contribution in [3.8, 4) is 11.3 Å². The number of hydrogen-bond donors (Lipinski definition) is 0. The van der Waals surface area contributed by atoms with Gasteiger partial charge in [0, 0.05) is 28.7 Å². The van der Waals surface area contributed by atoms with Crippen LogP contribution < -0.4 is 0 Å². The molecule has 22 heavy (non-hydrogen) atoms. The minimum Gasteiger partial charge on any atom is -0.256 e. The standard InChI is InChI=1S/C20H16N2/c1-13-10-14(2)12-15(11-13)20-18-5-6-19-17(4-3-8-21-19)16(18)7-9-22-20/h3-12H,1-2H3. The van der Waals surface area contributed by atoms with Gasteiger partial charge in [-0.1, -0.05) is 23.3 Å². The largest absolute Gasteiger partial charge is 0.256 e. The Hall–Kier alpha value is -2.74. The molecule has 0 aliphatic heterocycles. The Morgan fingerprint density at radius 1 is 0.682 bits per heavy atom. The lowest BCUT2D eigenvalue weighted by atomic mass is 9.98. The van der Waals surface area contributed by atoms with E-state index in [0.717, 1.165) is 11.2 Å². The first kappa shape index (κ1) is 13.0. The summed E-state index contributed by atoms with van der Waals surface area (Å²) in [7, 11) is 0. The molecule has 0 saturated heterocycles. The highest BCUT2D eigenvalue weighted by molar-refractivity contribution is 6.10. The molecule has 0 spiro atoms. The maximum atomic E-state index is 4.65. The van der Waals surface area contributed by atoms with E-state index in [1.54, 1.807) is 0 Å². The number of aromatic nitrogens is 2. The minimum atomic E-state index is 1.02. The molecular formula is C20H16N2. The van der Waals surface area contributed by atoms with Crippen molar-refractivity contribution in [3.63, 3.8) is 0 Å². The molecule has 106 valence electrons. The topological polar surface area (TPSA) is 25.8 Å². The summed E-state index contributed by atoms with van der Waals surface area (Å²) in [4.78, 5) is 9.09. The third kappa shape index (κ3) is 2.04. The molecule has 2 heteroatoms. The normalized spacial score (nSPS) is 11.2. The lowest BCUT2D eigenvalue weighted by molar-refractivity contribution is 1.32. The summed E-state index contributed by atoms with van der Waals surface area (Å²) < 4.78 is 0. The second kappa shape index (κ2) is 4.92. The van der Waals surface area contributed by atoms with Gasteiger partial charge in [-0.05, 0) is 55.6 Å². The highest BCUT2D eigenvalue weighted by atomic mass is 14.7. The van der Waals surface area contributed by atoms with Crippen molar-refractivity contribution < 1.29 is 0 Å². The Balaban J connectivity index is 2.08. The van der Waals surface area contributed by atoms with Crippen LogP contribution in [0.4, 0.5) is 0 Å². The molecule has 4 aromatic rings. The number of hydrogen-bond acceptors (Lipinski definition) is 2. The van der Waals surface area contributed by atoms with Gasteiger partial charge in [-0.3, -0.25) is 9.97 Å². The Morgan fingerprint density at radius 2 is 1.50 bits per heavy atom. The van der Waals surface area contributed by atoms with Crippen LogP contribution in [-0.2, 0) is 0 Å². The van der Waals surface area contributed by atoms with E-state index in [4.69, 9.17) is 0 Å². The van der Waals surface area contributed by atoms with E-state index in [1.165, 1.54) is 32.8 Å². The third-order valence-electron chi connectivity index (χ3n) is 4.02. The van der Waals surface area contributed by atoms with Gasteiger partial charge >= 0.3 is 0 Å². The lowest BCUT2D eigenvalue weighted by Gasteiger charge is -2.09. The van der Waals surface area contributed by atoms with Crippen LogP contribution in [0.1, 0.15) is 11.1 Å². The van der Waals surface area contributed by atoms with Crippen molar-refractivity contribution in [3.05, 3.63) is 72.1 Å². The smallest absolute Gasteiger partial charge is 0.0780 e. The van der Waals surface area contributed by atoms with Crippen molar-refractivity contribution in [2.45, 2.75) is 13.8 Å². The number of aryl methyl sites for hydroxylation is 2. The van der Waals surface area contributed by atoms with Gasteiger partial charge in [0.2, 0.25) is 0 Å². The Labute approximate surface area is 129 Å². The fourth-order valence-electron chi connectivity index (χ4n) is 3.16. The molecule has 2 aromatic carbocycles. The summed E-state index contributed by atoms with van der Waals surface area (Å²) >= 11 is 0. The molecule has 0 aliphatic carbocycles. The molecule has 0 bridgehead atoms. The summed E-state index contributed by atoms with van der Waals surface area (Å²) in [6.07, 6.45) is 3.72. The summed E-state index contributed by atoms with van der Waals surface area (Å²) in [5.41, 5.74) is 5.75. The quantitative estimate of drug-likeness (QED) is 0.456. The first-order valence-corrected chi connectivity index (χ1v) is 7.43. The monoisotopic (exact) mass is 284 g/mol. The van der Waals surface area contributed by atoms with Crippen molar-refractivity contribution in [2.24, 2.45) is 0 Å². The van der Waals surface area contributed by atoms with E-state index in [-0.39, 0.29) is 0 Å². The van der Waals surface area contributed by atoms with Crippen molar-refractivity contribution in [1.29, 1.82) is 0 Å². The highest BCUT2D eigenvalue weighted by Gasteiger charge is 2.09. The van der Waals surface area contributed by atoms with E-state index in [1.807, 2.05) is 18.5 Å². The highest BCUT2D eigenvalue weighted by Crippen LogP contribution is 2.31.